The molecule has 1 aromatic heterocycles. The van der Waals surface area contributed by atoms with Gasteiger partial charge in [-0.1, -0.05) is 47.5 Å². The number of ether oxygens (including phenoxy) is 1. The Balaban J connectivity index is 1.34. The number of methoxy groups -OCH3 is 1. The number of nitrogens with one attached hydrogen (secondary N) is 1. The maximum atomic E-state index is 13.0. The molecule has 1 aliphatic rings. The molecule has 0 radical (unpaired) electrons. The Hall–Kier alpha value is -2.98. The minimum Gasteiger partial charge on any atom is -0.383 e. The van der Waals surface area contributed by atoms with E-state index in [1.165, 1.54) is 46.6 Å². The van der Waals surface area contributed by atoms with E-state index in [0.29, 0.717) is 34.5 Å². The van der Waals surface area contributed by atoms with Gasteiger partial charge in [-0.2, -0.15) is 0 Å². The molecular formula is C26H26Cl2N4O4S. The molecular weight excluding hydrogens is 535 g/mol. The highest BCUT2D eigenvalue weighted by atomic mass is 35.5. The average Bonchev–Trinajstić information content (AvgIpc) is 3.33. The molecule has 1 aliphatic heterocycles. The van der Waals surface area contributed by atoms with Gasteiger partial charge in [0.25, 0.3) is 5.91 Å². The maximum absolute atomic E-state index is 13.0. The summed E-state index contributed by atoms with van der Waals surface area (Å²) in [5, 5.41) is 5.44. The monoisotopic (exact) mass is 560 g/mol. The van der Waals surface area contributed by atoms with Gasteiger partial charge in [-0.3, -0.25) is 14.4 Å². The van der Waals surface area contributed by atoms with Crippen molar-refractivity contribution in [1.82, 2.24) is 14.8 Å². The average molecular weight is 561 g/mol. The standard InChI is InChI=1S/C26H26Cl2N4O4S/c1-36-11-10-32(25(35)18-6-7-21(27)22(28)12-18)15-23(33)30-26-29-20(16-37-26)13-24(34)31-9-8-17-4-2-3-5-19(17)14-31/h2-7,12,16H,8-11,13-15H2,1H3,(H,29,30,33). The van der Waals surface area contributed by atoms with Crippen LogP contribution in [0.3, 0.4) is 0 Å². The third-order valence-corrected chi connectivity index (χ3v) is 7.51. The van der Waals surface area contributed by atoms with Crippen molar-refractivity contribution in [2.75, 3.05) is 38.7 Å². The maximum Gasteiger partial charge on any atom is 0.254 e. The fourth-order valence-electron chi connectivity index (χ4n) is 4.02. The predicted molar refractivity (Wildman–Crippen MR) is 144 cm³/mol. The molecule has 0 bridgehead atoms. The van der Waals surface area contributed by atoms with Crippen LogP contribution in [0.5, 0.6) is 0 Å². The fourth-order valence-corrected chi connectivity index (χ4v) is 5.04. The Morgan fingerprint density at radius 2 is 1.92 bits per heavy atom. The molecule has 0 saturated heterocycles. The first-order chi connectivity index (χ1) is 17.8. The number of carbonyl (C=O) groups excluding carboxylic acids is 3. The SMILES string of the molecule is COCCN(CC(=O)Nc1nc(CC(=O)N2CCc3ccccc3C2)cs1)C(=O)c1ccc(Cl)c(Cl)c1. The van der Waals surface area contributed by atoms with Crippen LogP contribution >= 0.6 is 34.5 Å². The molecule has 8 nitrogen and oxygen atoms in total. The molecule has 4 rings (SSSR count). The zero-order chi connectivity index (χ0) is 26.4. The number of thiazole rings is 1. The highest BCUT2D eigenvalue weighted by Gasteiger charge is 2.23. The van der Waals surface area contributed by atoms with Crippen LogP contribution in [0.2, 0.25) is 10.0 Å². The molecule has 3 aromatic rings. The first-order valence-corrected chi connectivity index (χ1v) is 13.3. The molecule has 0 unspecified atom stereocenters. The van der Waals surface area contributed by atoms with Gasteiger partial charge in [0.15, 0.2) is 5.13 Å². The number of fused-ring (bicyclic) bond motifs is 1. The number of hydrogen-bond donors (Lipinski definition) is 1. The second-order valence-corrected chi connectivity index (χ2v) is 10.2. The third kappa shape index (κ3) is 7.07. The molecule has 37 heavy (non-hydrogen) atoms. The smallest absolute Gasteiger partial charge is 0.254 e. The van der Waals surface area contributed by atoms with Gasteiger partial charge in [0, 0.05) is 37.7 Å². The fraction of sp³-hybridized carbons (Fsp3) is 0.308. The van der Waals surface area contributed by atoms with E-state index in [1.54, 1.807) is 11.4 Å². The Bertz CT molecular complexity index is 1300. The van der Waals surface area contributed by atoms with Crippen molar-refractivity contribution in [1.29, 1.82) is 0 Å². The van der Waals surface area contributed by atoms with E-state index in [-0.39, 0.29) is 43.0 Å². The van der Waals surface area contributed by atoms with Crippen LogP contribution in [0.25, 0.3) is 0 Å². The van der Waals surface area contributed by atoms with E-state index in [1.807, 2.05) is 23.1 Å². The van der Waals surface area contributed by atoms with Crippen LogP contribution in [0, 0.1) is 0 Å². The van der Waals surface area contributed by atoms with Crippen LogP contribution in [0.1, 0.15) is 27.2 Å². The summed E-state index contributed by atoms with van der Waals surface area (Å²) in [4.78, 5) is 46.2. The van der Waals surface area contributed by atoms with Crippen molar-refractivity contribution in [3.8, 4) is 0 Å². The molecule has 0 spiro atoms. The lowest BCUT2D eigenvalue weighted by Crippen LogP contribution is -2.40. The first kappa shape index (κ1) is 27.1. The summed E-state index contributed by atoms with van der Waals surface area (Å²) in [6.45, 7) is 1.52. The van der Waals surface area contributed by atoms with Gasteiger partial charge in [-0.15, -0.1) is 11.3 Å². The van der Waals surface area contributed by atoms with Crippen molar-refractivity contribution in [3.63, 3.8) is 0 Å². The summed E-state index contributed by atoms with van der Waals surface area (Å²) < 4.78 is 5.09. The van der Waals surface area contributed by atoms with Crippen molar-refractivity contribution >= 4 is 57.4 Å². The van der Waals surface area contributed by atoms with E-state index in [4.69, 9.17) is 27.9 Å². The number of amides is 3. The van der Waals surface area contributed by atoms with Crippen molar-refractivity contribution in [2.45, 2.75) is 19.4 Å². The quantitative estimate of drug-likeness (QED) is 0.421. The molecule has 2 aromatic carbocycles. The Morgan fingerprint density at radius 3 is 2.68 bits per heavy atom. The summed E-state index contributed by atoms with van der Waals surface area (Å²) in [7, 11) is 1.52. The number of nitrogens with zero attached hydrogens (tertiary/aromatic N) is 3. The van der Waals surface area contributed by atoms with Crippen LogP contribution in [0.4, 0.5) is 5.13 Å². The summed E-state index contributed by atoms with van der Waals surface area (Å²) in [5.41, 5.74) is 3.35. The largest absolute Gasteiger partial charge is 0.383 e. The van der Waals surface area contributed by atoms with Gasteiger partial charge in [-0.25, -0.2) is 4.98 Å². The van der Waals surface area contributed by atoms with E-state index >= 15 is 0 Å². The van der Waals surface area contributed by atoms with Crippen molar-refractivity contribution in [2.24, 2.45) is 0 Å². The first-order valence-electron chi connectivity index (χ1n) is 11.7. The minimum atomic E-state index is -0.413. The van der Waals surface area contributed by atoms with Gasteiger partial charge in [0.1, 0.15) is 6.54 Å². The normalized spacial score (nSPS) is 12.7. The van der Waals surface area contributed by atoms with Gasteiger partial charge in [0.2, 0.25) is 11.8 Å². The van der Waals surface area contributed by atoms with Gasteiger partial charge in [0.05, 0.1) is 28.8 Å². The highest BCUT2D eigenvalue weighted by Crippen LogP contribution is 2.24. The number of halogens is 2. The lowest BCUT2D eigenvalue weighted by Gasteiger charge is -2.28. The number of aromatic nitrogens is 1. The molecule has 0 atom stereocenters. The molecule has 1 N–H and O–H groups in total. The molecule has 194 valence electrons. The van der Waals surface area contributed by atoms with E-state index in [0.717, 1.165) is 6.42 Å². The molecule has 2 heterocycles. The van der Waals surface area contributed by atoms with Crippen LogP contribution < -0.4 is 5.32 Å². The molecule has 0 fully saturated rings. The number of benzene rings is 2. The van der Waals surface area contributed by atoms with E-state index < -0.39 is 5.91 Å². The molecule has 0 saturated carbocycles. The van der Waals surface area contributed by atoms with E-state index in [9.17, 15) is 14.4 Å². The van der Waals surface area contributed by atoms with Gasteiger partial charge in [-0.05, 0) is 35.7 Å². The predicted octanol–water partition coefficient (Wildman–Crippen LogP) is 4.30. The molecule has 0 aliphatic carbocycles. The zero-order valence-corrected chi connectivity index (χ0v) is 22.5. The van der Waals surface area contributed by atoms with Crippen LogP contribution in [-0.4, -0.2) is 65.9 Å². The lowest BCUT2D eigenvalue weighted by atomic mass is 10.00. The highest BCUT2D eigenvalue weighted by molar-refractivity contribution is 7.13. The van der Waals surface area contributed by atoms with Gasteiger partial charge >= 0.3 is 0 Å². The number of carbonyl (C=O) groups is 3. The number of hydrogen-bond acceptors (Lipinski definition) is 6. The second-order valence-electron chi connectivity index (χ2n) is 8.55. The summed E-state index contributed by atoms with van der Waals surface area (Å²) in [6.07, 6.45) is 0.991. The number of rotatable bonds is 9. The lowest BCUT2D eigenvalue weighted by molar-refractivity contribution is -0.131. The zero-order valence-electron chi connectivity index (χ0n) is 20.2. The number of anilines is 1. The Kier molecular flexibility index (Phi) is 9.15. The Labute approximate surface area is 229 Å². The topological polar surface area (TPSA) is 91.8 Å². The minimum absolute atomic E-state index is 0.00403. The molecule has 3 amide bonds. The van der Waals surface area contributed by atoms with Crippen molar-refractivity contribution in [3.05, 3.63) is 80.3 Å². The van der Waals surface area contributed by atoms with Crippen LogP contribution in [0.15, 0.2) is 47.8 Å². The second kappa shape index (κ2) is 12.5. The Morgan fingerprint density at radius 1 is 1.14 bits per heavy atom. The van der Waals surface area contributed by atoms with Gasteiger partial charge < -0.3 is 19.9 Å². The third-order valence-electron chi connectivity index (χ3n) is 5.97. The van der Waals surface area contributed by atoms with Crippen LogP contribution in [-0.2, 0) is 33.7 Å². The summed E-state index contributed by atoms with van der Waals surface area (Å²) in [6, 6.07) is 12.7. The molecule has 11 heteroatoms. The summed E-state index contributed by atoms with van der Waals surface area (Å²) in [5.74, 6) is -0.792. The van der Waals surface area contributed by atoms with Crippen molar-refractivity contribution < 1.29 is 19.1 Å². The van der Waals surface area contributed by atoms with E-state index in [2.05, 4.69) is 16.4 Å². The summed E-state index contributed by atoms with van der Waals surface area (Å²) >= 11 is 13.2.